The first-order valence-corrected chi connectivity index (χ1v) is 13.9. The minimum Gasteiger partial charge on any atom is -0.484 e. The lowest BCUT2D eigenvalue weighted by Gasteiger charge is -2.61. The van der Waals surface area contributed by atoms with E-state index in [1.807, 2.05) is 24.3 Å². The van der Waals surface area contributed by atoms with Crippen molar-refractivity contribution in [2.75, 3.05) is 19.0 Å². The van der Waals surface area contributed by atoms with Crippen molar-refractivity contribution in [1.82, 2.24) is 5.32 Å². The Hall–Kier alpha value is -4.07. The fraction of sp³-hybridized carbons (Fsp3) is 0.406. The van der Waals surface area contributed by atoms with Gasteiger partial charge in [-0.1, -0.05) is 18.2 Å². The molecule has 1 heterocycles. The van der Waals surface area contributed by atoms with Gasteiger partial charge in [0.15, 0.2) is 6.61 Å². The molecule has 0 saturated heterocycles. The van der Waals surface area contributed by atoms with E-state index in [1.54, 1.807) is 30.5 Å². The highest BCUT2D eigenvalue weighted by atomic mass is 16.5. The summed E-state index contributed by atoms with van der Waals surface area (Å²) in [6, 6.07) is 18.3. The Bertz CT molecular complexity index is 1380. The van der Waals surface area contributed by atoms with Crippen LogP contribution in [-0.2, 0) is 26.3 Å². The average Bonchev–Trinajstić information content (AvgIpc) is 3.48. The molecule has 2 unspecified atom stereocenters. The molecule has 0 spiro atoms. The van der Waals surface area contributed by atoms with Crippen LogP contribution in [0.2, 0.25) is 0 Å². The maximum atomic E-state index is 13.5. The lowest BCUT2D eigenvalue weighted by molar-refractivity contribution is -0.149. The van der Waals surface area contributed by atoms with Gasteiger partial charge in [-0.2, -0.15) is 0 Å². The predicted octanol–water partition coefficient (Wildman–Crippen LogP) is 5.24. The maximum Gasteiger partial charge on any atom is 0.337 e. The zero-order chi connectivity index (χ0) is 27.7. The normalized spacial score (nSPS) is 26.2. The van der Waals surface area contributed by atoms with Gasteiger partial charge in [-0.25, -0.2) is 4.79 Å². The lowest BCUT2D eigenvalue weighted by Crippen LogP contribution is -2.59. The maximum absolute atomic E-state index is 13.5. The lowest BCUT2D eigenvalue weighted by atomic mass is 9.42. The number of hydrogen-bond acceptors (Lipinski definition) is 6. The number of furan rings is 1. The third-order valence-corrected chi connectivity index (χ3v) is 8.95. The molecule has 0 radical (unpaired) electrons. The van der Waals surface area contributed by atoms with E-state index < -0.39 is 5.97 Å². The summed E-state index contributed by atoms with van der Waals surface area (Å²) < 4.78 is 15.9. The van der Waals surface area contributed by atoms with Gasteiger partial charge in [0, 0.05) is 5.69 Å². The first-order valence-electron chi connectivity index (χ1n) is 13.9. The average molecular weight is 543 g/mol. The smallest absolute Gasteiger partial charge is 0.337 e. The SMILES string of the molecule is COC(=O)c1cccc(NC(=O)COc2ccc(C34CC5CC(CC(C(=O)NCc6ccco6)(C5)C3)C4)cc2)c1. The van der Waals surface area contributed by atoms with Crippen LogP contribution in [0.15, 0.2) is 71.3 Å². The Morgan fingerprint density at radius 1 is 0.975 bits per heavy atom. The summed E-state index contributed by atoms with van der Waals surface area (Å²) in [6.07, 6.45) is 7.88. The number of carbonyl (C=O) groups is 3. The first kappa shape index (κ1) is 26.2. The fourth-order valence-corrected chi connectivity index (χ4v) is 7.73. The van der Waals surface area contributed by atoms with Crippen LogP contribution in [0.1, 0.15) is 60.2 Å². The number of hydrogen-bond donors (Lipinski definition) is 2. The summed E-state index contributed by atoms with van der Waals surface area (Å²) in [7, 11) is 1.31. The third kappa shape index (κ3) is 5.10. The van der Waals surface area contributed by atoms with Gasteiger partial charge >= 0.3 is 5.97 Å². The first-order chi connectivity index (χ1) is 19.4. The van der Waals surface area contributed by atoms with E-state index in [2.05, 4.69) is 22.8 Å². The highest BCUT2D eigenvalue weighted by molar-refractivity contribution is 5.95. The Morgan fingerprint density at radius 2 is 1.75 bits per heavy atom. The van der Waals surface area contributed by atoms with E-state index in [9.17, 15) is 14.4 Å². The molecular formula is C32H34N2O6. The highest BCUT2D eigenvalue weighted by Crippen LogP contribution is 2.65. The summed E-state index contributed by atoms with van der Waals surface area (Å²) in [5, 5.41) is 5.91. The minimum absolute atomic E-state index is 0.00728. The van der Waals surface area contributed by atoms with Crippen LogP contribution in [0.4, 0.5) is 5.69 Å². The van der Waals surface area contributed by atoms with Gasteiger partial charge in [-0.15, -0.1) is 0 Å². The van der Waals surface area contributed by atoms with Crippen molar-refractivity contribution in [3.8, 4) is 5.75 Å². The number of anilines is 1. The number of carbonyl (C=O) groups excluding carboxylic acids is 3. The second-order valence-corrected chi connectivity index (χ2v) is 11.7. The van der Waals surface area contributed by atoms with Crippen LogP contribution in [0.25, 0.3) is 0 Å². The molecule has 8 nitrogen and oxygen atoms in total. The molecule has 4 bridgehead atoms. The molecule has 2 atom stereocenters. The van der Waals surface area contributed by atoms with Crippen LogP contribution < -0.4 is 15.4 Å². The second-order valence-electron chi connectivity index (χ2n) is 11.7. The Morgan fingerprint density at radius 3 is 2.45 bits per heavy atom. The molecular weight excluding hydrogens is 508 g/mol. The van der Waals surface area contributed by atoms with Crippen molar-refractivity contribution in [2.24, 2.45) is 17.3 Å². The Kier molecular flexibility index (Phi) is 6.86. The standard InChI is InChI=1S/C32H34N2O6/c1-38-29(36)23-4-2-5-25(13-23)34-28(35)19-40-26-9-7-24(8-10-26)31-14-21-12-22(15-31)17-32(16-21,20-31)30(37)33-18-27-6-3-11-39-27/h2-11,13,21-22H,12,14-20H2,1H3,(H,33,37)(H,34,35). The largest absolute Gasteiger partial charge is 0.484 e. The number of rotatable bonds is 9. The van der Waals surface area contributed by atoms with Crippen LogP contribution in [0.3, 0.4) is 0 Å². The summed E-state index contributed by atoms with van der Waals surface area (Å²) in [5.41, 5.74) is 1.78. The summed E-state index contributed by atoms with van der Waals surface area (Å²) in [4.78, 5) is 37.7. The second kappa shape index (κ2) is 10.5. The van der Waals surface area contributed by atoms with Crippen molar-refractivity contribution >= 4 is 23.5 Å². The van der Waals surface area contributed by atoms with Gasteiger partial charge in [0.05, 0.1) is 30.9 Å². The molecule has 2 N–H and O–H groups in total. The molecule has 4 aliphatic carbocycles. The Labute approximate surface area is 233 Å². The van der Waals surface area contributed by atoms with E-state index in [4.69, 9.17) is 13.9 Å². The van der Waals surface area contributed by atoms with Crippen LogP contribution in [0, 0.1) is 17.3 Å². The zero-order valence-electron chi connectivity index (χ0n) is 22.6. The fourth-order valence-electron chi connectivity index (χ4n) is 7.73. The monoisotopic (exact) mass is 542 g/mol. The molecule has 4 saturated carbocycles. The number of esters is 1. The number of methoxy groups -OCH3 is 1. The molecule has 1 aromatic heterocycles. The molecule has 4 fully saturated rings. The number of amides is 2. The van der Waals surface area contributed by atoms with Crippen molar-refractivity contribution in [3.63, 3.8) is 0 Å². The van der Waals surface area contributed by atoms with Crippen LogP contribution in [0.5, 0.6) is 5.75 Å². The summed E-state index contributed by atoms with van der Waals surface area (Å²) in [6.45, 7) is 0.266. The molecule has 4 aliphatic rings. The molecule has 2 amide bonds. The van der Waals surface area contributed by atoms with E-state index in [0.29, 0.717) is 35.4 Å². The number of benzene rings is 2. The van der Waals surface area contributed by atoms with Crippen molar-refractivity contribution < 1.29 is 28.3 Å². The molecule has 40 heavy (non-hydrogen) atoms. The number of nitrogens with one attached hydrogen (secondary N) is 2. The van der Waals surface area contributed by atoms with Crippen LogP contribution in [-0.4, -0.2) is 31.5 Å². The van der Waals surface area contributed by atoms with Gasteiger partial charge in [0.25, 0.3) is 5.91 Å². The highest BCUT2D eigenvalue weighted by Gasteiger charge is 2.60. The third-order valence-electron chi connectivity index (χ3n) is 8.95. The molecule has 2 aromatic carbocycles. The van der Waals surface area contributed by atoms with Gasteiger partial charge in [-0.05, 0) is 104 Å². The van der Waals surface area contributed by atoms with Gasteiger partial charge in [0.2, 0.25) is 5.91 Å². The van der Waals surface area contributed by atoms with E-state index >= 15 is 0 Å². The molecule has 3 aromatic rings. The van der Waals surface area contributed by atoms with Gasteiger partial charge in [-0.3, -0.25) is 9.59 Å². The summed E-state index contributed by atoms with van der Waals surface area (Å²) >= 11 is 0. The van der Waals surface area contributed by atoms with Crippen molar-refractivity contribution in [3.05, 3.63) is 83.8 Å². The quantitative estimate of drug-likeness (QED) is 0.358. The summed E-state index contributed by atoms with van der Waals surface area (Å²) in [5.74, 6) is 1.87. The van der Waals surface area contributed by atoms with Crippen molar-refractivity contribution in [1.29, 1.82) is 0 Å². The Balaban J connectivity index is 1.09. The zero-order valence-corrected chi connectivity index (χ0v) is 22.6. The molecule has 208 valence electrons. The van der Waals surface area contributed by atoms with Crippen LogP contribution >= 0.6 is 0 Å². The van der Waals surface area contributed by atoms with Gasteiger partial charge < -0.3 is 24.5 Å². The van der Waals surface area contributed by atoms with Crippen molar-refractivity contribution in [2.45, 2.75) is 50.5 Å². The molecule has 0 aliphatic heterocycles. The van der Waals surface area contributed by atoms with Gasteiger partial charge in [0.1, 0.15) is 11.5 Å². The van der Waals surface area contributed by atoms with E-state index in [1.165, 1.54) is 19.1 Å². The topological polar surface area (TPSA) is 107 Å². The predicted molar refractivity (Wildman–Crippen MR) is 148 cm³/mol. The minimum atomic E-state index is -0.466. The molecule has 7 rings (SSSR count). The molecule has 8 heteroatoms. The van der Waals surface area contributed by atoms with E-state index in [-0.39, 0.29) is 29.3 Å². The number of ether oxygens (including phenoxy) is 2. The van der Waals surface area contributed by atoms with E-state index in [0.717, 1.165) is 37.9 Å².